The van der Waals surface area contributed by atoms with E-state index < -0.39 is 47.0 Å². The molecule has 0 fully saturated rings. The molecular formula is C40H76N14O8. The number of Topliss-reactive ketones (excluding diaryl/α,β-unsaturated/α-hetero) is 1. The van der Waals surface area contributed by atoms with E-state index in [0.29, 0.717) is 19.4 Å². The second-order valence-electron chi connectivity index (χ2n) is 17.0. The van der Waals surface area contributed by atoms with E-state index in [1.165, 1.54) is 47.3 Å². The normalized spacial score (nSPS) is 12.2. The summed E-state index contributed by atoms with van der Waals surface area (Å²) in [7, 11) is 0. The lowest BCUT2D eigenvalue weighted by Crippen LogP contribution is -2.53. The van der Waals surface area contributed by atoms with Gasteiger partial charge in [0.15, 0.2) is 17.7 Å². The number of rotatable bonds is 28. The minimum absolute atomic E-state index is 0.00798. The van der Waals surface area contributed by atoms with E-state index in [2.05, 4.69) is 31.3 Å². The van der Waals surface area contributed by atoms with Gasteiger partial charge in [0, 0.05) is 104 Å². The summed E-state index contributed by atoms with van der Waals surface area (Å²) in [5.74, 6) is -3.40. The van der Waals surface area contributed by atoms with Crippen molar-refractivity contribution in [1.29, 1.82) is 0 Å². The maximum Gasteiger partial charge on any atom is 0.242 e. The van der Waals surface area contributed by atoms with Gasteiger partial charge in [-0.3, -0.25) is 48.3 Å². The molecule has 0 aromatic rings. The lowest BCUT2D eigenvalue weighted by atomic mass is 9.90. The maximum absolute atomic E-state index is 13.5. The van der Waals surface area contributed by atoms with Crippen LogP contribution in [0.25, 0.3) is 0 Å². The SMILES string of the molecule is CC(=O)N(CCNC(=O)C(CCCN=C(N)N)N(CCNC(C)(C)C)C(C)=O)CC(=O)NCCN(C(C)=O)C(CCCN=C(N)N)C(=O)NCCN(CC(=O)C(C)(C)C)C(C)=O. The molecule has 0 aromatic carbocycles. The number of nitrogens with zero attached hydrogens (tertiary/aromatic N) is 6. The Kier molecular flexibility index (Phi) is 25.6. The van der Waals surface area contributed by atoms with Crippen molar-refractivity contribution in [2.75, 3.05) is 78.5 Å². The molecule has 2 atom stereocenters. The summed E-state index contributed by atoms with van der Waals surface area (Å²) < 4.78 is 0. The van der Waals surface area contributed by atoms with Gasteiger partial charge in [-0.1, -0.05) is 20.8 Å². The summed E-state index contributed by atoms with van der Waals surface area (Å²) in [6, 6.07) is -1.85. The first-order valence-corrected chi connectivity index (χ1v) is 20.9. The first-order chi connectivity index (χ1) is 28.7. The predicted molar refractivity (Wildman–Crippen MR) is 238 cm³/mol. The van der Waals surface area contributed by atoms with E-state index in [1.54, 1.807) is 20.8 Å². The zero-order chi connectivity index (χ0) is 47.8. The van der Waals surface area contributed by atoms with Gasteiger partial charge in [-0.25, -0.2) is 0 Å². The van der Waals surface area contributed by atoms with E-state index >= 15 is 0 Å². The molecule has 0 saturated carbocycles. The molecule has 7 amide bonds. The molecule has 0 bridgehead atoms. The number of nitrogens with one attached hydrogen (secondary N) is 4. The molecule has 2 unspecified atom stereocenters. The van der Waals surface area contributed by atoms with Crippen LogP contribution in [0.3, 0.4) is 0 Å². The first-order valence-electron chi connectivity index (χ1n) is 20.9. The van der Waals surface area contributed by atoms with E-state index in [4.69, 9.17) is 22.9 Å². The lowest BCUT2D eigenvalue weighted by Gasteiger charge is -2.32. The van der Waals surface area contributed by atoms with Gasteiger partial charge in [-0.2, -0.15) is 0 Å². The van der Waals surface area contributed by atoms with Gasteiger partial charge in [0.1, 0.15) is 12.1 Å². The van der Waals surface area contributed by atoms with Crippen molar-refractivity contribution < 1.29 is 38.4 Å². The van der Waals surface area contributed by atoms with Gasteiger partial charge < -0.3 is 63.8 Å². The molecule has 0 spiro atoms. The number of nitrogens with two attached hydrogens (primary N) is 4. The van der Waals surface area contributed by atoms with Crippen LogP contribution in [-0.2, 0) is 38.4 Å². The number of amides is 7. The molecule has 22 nitrogen and oxygen atoms in total. The van der Waals surface area contributed by atoms with Crippen LogP contribution in [0.2, 0.25) is 0 Å². The van der Waals surface area contributed by atoms with Crippen LogP contribution in [0.15, 0.2) is 9.98 Å². The third kappa shape index (κ3) is 24.7. The standard InChI is InChI=1S/C40H76N14O8/c1-27(55)51(25-33(59)39(5,6)7)21-17-46-35(61)31(13-11-15-48-37(41)42)53(29(3)57)23-19-45-34(60)26-52(28(2)56)22-18-47-36(62)32(14-12-16-49-38(43)44)54(30(4)58)24-20-50-40(8,9)10/h31-32,50H,11-26H2,1-10H3,(H,45,60)(H,46,61)(H,47,62)(H4,41,42,48)(H4,43,44,49). The second-order valence-corrected chi connectivity index (χ2v) is 17.0. The molecule has 0 aliphatic rings. The molecule has 0 saturated heterocycles. The number of carbonyl (C=O) groups excluding carboxylic acids is 8. The van der Waals surface area contributed by atoms with Crippen LogP contribution in [0.4, 0.5) is 0 Å². The molecule has 0 radical (unpaired) electrons. The fourth-order valence-electron chi connectivity index (χ4n) is 5.97. The zero-order valence-corrected chi connectivity index (χ0v) is 38.7. The second kappa shape index (κ2) is 28.1. The number of aliphatic imine (C=N–C) groups is 2. The largest absolute Gasteiger partial charge is 0.370 e. The summed E-state index contributed by atoms with van der Waals surface area (Å²) in [5, 5.41) is 11.5. The minimum atomic E-state index is -0.998. The Morgan fingerprint density at radius 3 is 1.27 bits per heavy atom. The highest BCUT2D eigenvalue weighted by atomic mass is 16.2. The molecule has 22 heteroatoms. The molecule has 0 rings (SSSR count). The van der Waals surface area contributed by atoms with Crippen molar-refractivity contribution in [1.82, 2.24) is 40.9 Å². The van der Waals surface area contributed by atoms with Crippen molar-refractivity contribution in [2.45, 2.75) is 113 Å². The van der Waals surface area contributed by atoms with Crippen molar-refractivity contribution in [3.05, 3.63) is 0 Å². The predicted octanol–water partition coefficient (Wildman–Crippen LogP) is -2.42. The third-order valence-corrected chi connectivity index (χ3v) is 9.47. The summed E-state index contributed by atoms with van der Waals surface area (Å²) in [6.07, 6.45) is 1.17. The third-order valence-electron chi connectivity index (χ3n) is 9.47. The Morgan fingerprint density at radius 2 is 0.919 bits per heavy atom. The highest BCUT2D eigenvalue weighted by Crippen LogP contribution is 2.15. The van der Waals surface area contributed by atoms with E-state index in [-0.39, 0.29) is 120 Å². The van der Waals surface area contributed by atoms with Crippen LogP contribution in [0, 0.1) is 5.41 Å². The Labute approximate surface area is 367 Å². The lowest BCUT2D eigenvalue weighted by molar-refractivity contribution is -0.140. The maximum atomic E-state index is 13.5. The Balaban J connectivity index is 5.71. The number of guanidine groups is 2. The van der Waals surface area contributed by atoms with Gasteiger partial charge in [0.2, 0.25) is 41.4 Å². The molecule has 0 aliphatic heterocycles. The molecule has 0 heterocycles. The molecule has 0 aromatic heterocycles. The summed E-state index contributed by atoms with van der Waals surface area (Å²) in [5.41, 5.74) is 20.9. The van der Waals surface area contributed by atoms with Gasteiger partial charge in [0.25, 0.3) is 0 Å². The van der Waals surface area contributed by atoms with Crippen molar-refractivity contribution >= 4 is 59.1 Å². The topological polar surface area (TPSA) is 326 Å². The van der Waals surface area contributed by atoms with Crippen LogP contribution in [0.1, 0.15) is 94.9 Å². The van der Waals surface area contributed by atoms with Crippen molar-refractivity contribution in [3.8, 4) is 0 Å². The van der Waals surface area contributed by atoms with E-state index in [1.807, 2.05) is 20.8 Å². The average Bonchev–Trinajstić information content (AvgIpc) is 3.13. The van der Waals surface area contributed by atoms with Gasteiger partial charge in [-0.05, 0) is 46.5 Å². The van der Waals surface area contributed by atoms with Crippen LogP contribution >= 0.6 is 0 Å². The molecule has 354 valence electrons. The Bertz CT molecular complexity index is 1570. The molecule has 0 aliphatic carbocycles. The number of hydrogen-bond donors (Lipinski definition) is 8. The van der Waals surface area contributed by atoms with E-state index in [0.717, 1.165) is 0 Å². The monoisotopic (exact) mass is 881 g/mol. The Morgan fingerprint density at radius 1 is 0.532 bits per heavy atom. The average molecular weight is 881 g/mol. The summed E-state index contributed by atoms with van der Waals surface area (Å²) in [4.78, 5) is 116. The van der Waals surface area contributed by atoms with Gasteiger partial charge >= 0.3 is 0 Å². The molecule has 12 N–H and O–H groups in total. The minimum Gasteiger partial charge on any atom is -0.370 e. The zero-order valence-electron chi connectivity index (χ0n) is 38.7. The smallest absolute Gasteiger partial charge is 0.242 e. The summed E-state index contributed by atoms with van der Waals surface area (Å²) in [6.45, 7) is 17.0. The van der Waals surface area contributed by atoms with E-state index in [9.17, 15) is 38.4 Å². The fraction of sp³-hybridized carbons (Fsp3) is 0.750. The van der Waals surface area contributed by atoms with Gasteiger partial charge in [-0.15, -0.1) is 0 Å². The Hall–Kier alpha value is -5.54. The molecule has 62 heavy (non-hydrogen) atoms. The van der Waals surface area contributed by atoms with Crippen LogP contribution < -0.4 is 44.2 Å². The van der Waals surface area contributed by atoms with Gasteiger partial charge in [0.05, 0.1) is 13.1 Å². The number of ketones is 1. The highest BCUT2D eigenvalue weighted by Gasteiger charge is 2.30. The quantitative estimate of drug-likeness (QED) is 0.0231. The summed E-state index contributed by atoms with van der Waals surface area (Å²) >= 11 is 0. The first kappa shape index (κ1) is 56.5. The number of carbonyl (C=O) groups is 8. The van der Waals surface area contributed by atoms with Crippen LogP contribution in [0.5, 0.6) is 0 Å². The van der Waals surface area contributed by atoms with Crippen LogP contribution in [-0.4, -0.2) is 175 Å². The van der Waals surface area contributed by atoms with Crippen molar-refractivity contribution in [2.24, 2.45) is 38.3 Å². The molecular weight excluding hydrogens is 805 g/mol. The highest BCUT2D eigenvalue weighted by molar-refractivity contribution is 5.90. The van der Waals surface area contributed by atoms with Crippen molar-refractivity contribution in [3.63, 3.8) is 0 Å². The fourth-order valence-corrected chi connectivity index (χ4v) is 5.97. The number of hydrogen-bond acceptors (Lipinski definition) is 11.